The number of rotatable bonds is 4. The number of aliphatic hydroxyl groups excluding tert-OH is 1. The van der Waals surface area contributed by atoms with Crippen molar-refractivity contribution in [1.82, 2.24) is 20.0 Å². The SMILES string of the molecule is O=C1NC[C@H](O)Cn2nc(C(=O)N(Cc3ccc(Cl)cc3)C3CC3)cc21. The molecule has 2 N–H and O–H groups in total. The molecule has 1 aliphatic carbocycles. The minimum atomic E-state index is -0.725. The van der Waals surface area contributed by atoms with Gasteiger partial charge in [0.1, 0.15) is 5.69 Å². The number of hydrogen-bond acceptors (Lipinski definition) is 4. The Bertz CT molecular complexity index is 845. The highest BCUT2D eigenvalue weighted by molar-refractivity contribution is 6.30. The molecule has 0 saturated heterocycles. The van der Waals surface area contributed by atoms with Crippen molar-refractivity contribution in [3.05, 3.63) is 52.3 Å². The van der Waals surface area contributed by atoms with Gasteiger partial charge in [-0.05, 0) is 30.5 Å². The Morgan fingerprint density at radius 1 is 1.35 bits per heavy atom. The largest absolute Gasteiger partial charge is 0.389 e. The molecule has 0 spiro atoms. The van der Waals surface area contributed by atoms with Gasteiger partial charge in [0.05, 0.1) is 12.6 Å². The van der Waals surface area contributed by atoms with Gasteiger partial charge in [-0.15, -0.1) is 0 Å². The number of amides is 2. The quantitative estimate of drug-likeness (QED) is 0.847. The molecule has 1 saturated carbocycles. The fraction of sp³-hybridized carbons (Fsp3) is 0.389. The van der Waals surface area contributed by atoms with Crippen molar-refractivity contribution in [1.29, 1.82) is 0 Å². The van der Waals surface area contributed by atoms with Crippen LogP contribution in [0.4, 0.5) is 0 Å². The van der Waals surface area contributed by atoms with Crippen molar-refractivity contribution in [3.63, 3.8) is 0 Å². The van der Waals surface area contributed by atoms with Crippen molar-refractivity contribution in [3.8, 4) is 0 Å². The zero-order chi connectivity index (χ0) is 18.3. The molecule has 4 rings (SSSR count). The molecule has 26 heavy (non-hydrogen) atoms. The summed E-state index contributed by atoms with van der Waals surface area (Å²) in [5.74, 6) is -0.533. The summed E-state index contributed by atoms with van der Waals surface area (Å²) in [7, 11) is 0. The van der Waals surface area contributed by atoms with Crippen LogP contribution in [0.15, 0.2) is 30.3 Å². The maximum Gasteiger partial charge on any atom is 0.274 e. The Labute approximate surface area is 155 Å². The molecule has 1 aliphatic heterocycles. The van der Waals surface area contributed by atoms with Crippen LogP contribution in [0, 0.1) is 0 Å². The minimum Gasteiger partial charge on any atom is -0.389 e. The number of carbonyl (C=O) groups excluding carboxylic acids is 2. The predicted molar refractivity (Wildman–Crippen MR) is 94.9 cm³/mol. The second kappa shape index (κ2) is 6.74. The molecule has 0 bridgehead atoms. The average Bonchev–Trinajstić information content (AvgIpc) is 3.40. The maximum absolute atomic E-state index is 13.0. The highest BCUT2D eigenvalue weighted by Crippen LogP contribution is 2.30. The number of aromatic nitrogens is 2. The van der Waals surface area contributed by atoms with E-state index in [0.717, 1.165) is 18.4 Å². The van der Waals surface area contributed by atoms with E-state index >= 15 is 0 Å². The van der Waals surface area contributed by atoms with Crippen LogP contribution < -0.4 is 5.32 Å². The van der Waals surface area contributed by atoms with E-state index in [4.69, 9.17) is 11.6 Å². The highest BCUT2D eigenvalue weighted by Gasteiger charge is 2.35. The molecule has 136 valence electrons. The molecule has 1 atom stereocenters. The zero-order valence-corrected chi connectivity index (χ0v) is 14.8. The number of nitrogens with zero attached hydrogens (tertiary/aromatic N) is 3. The standard InChI is InChI=1S/C18H19ClN4O3/c19-12-3-1-11(2-4-12)9-22(13-5-6-13)18(26)15-7-16-17(25)20-8-14(24)10-23(16)21-15/h1-4,7,13-14,24H,5-6,8-10H2,(H,20,25)/t14-/m0/s1. The van der Waals surface area contributed by atoms with E-state index in [1.54, 1.807) is 17.0 Å². The third-order valence-corrected chi connectivity index (χ3v) is 4.88. The van der Waals surface area contributed by atoms with E-state index in [1.165, 1.54) is 10.7 Å². The van der Waals surface area contributed by atoms with Gasteiger partial charge in [0.2, 0.25) is 0 Å². The number of benzene rings is 1. The third kappa shape index (κ3) is 3.45. The first-order valence-corrected chi connectivity index (χ1v) is 8.98. The maximum atomic E-state index is 13.0. The van der Waals surface area contributed by atoms with Crippen molar-refractivity contribution < 1.29 is 14.7 Å². The lowest BCUT2D eigenvalue weighted by Gasteiger charge is -2.21. The van der Waals surface area contributed by atoms with Gasteiger partial charge in [-0.3, -0.25) is 14.3 Å². The number of carbonyl (C=O) groups is 2. The van der Waals surface area contributed by atoms with Crippen LogP contribution in [0.1, 0.15) is 39.4 Å². The second-order valence-electron chi connectivity index (χ2n) is 6.75. The number of nitrogens with one attached hydrogen (secondary N) is 1. The molecular weight excluding hydrogens is 356 g/mol. The van der Waals surface area contributed by atoms with Gasteiger partial charge < -0.3 is 15.3 Å². The normalized spacial score (nSPS) is 19.5. The van der Waals surface area contributed by atoms with Crippen molar-refractivity contribution in [2.75, 3.05) is 6.54 Å². The summed E-state index contributed by atoms with van der Waals surface area (Å²) in [6.45, 7) is 0.829. The number of aliphatic hydroxyl groups is 1. The number of fused-ring (bicyclic) bond motifs is 1. The Morgan fingerprint density at radius 2 is 2.08 bits per heavy atom. The lowest BCUT2D eigenvalue weighted by Crippen LogP contribution is -2.33. The Hall–Kier alpha value is -2.38. The van der Waals surface area contributed by atoms with Gasteiger partial charge in [-0.1, -0.05) is 23.7 Å². The average molecular weight is 375 g/mol. The van der Waals surface area contributed by atoms with E-state index < -0.39 is 6.10 Å². The fourth-order valence-corrected chi connectivity index (χ4v) is 3.22. The molecule has 1 aromatic heterocycles. The molecule has 0 unspecified atom stereocenters. The van der Waals surface area contributed by atoms with Crippen molar-refractivity contribution in [2.45, 2.75) is 38.1 Å². The van der Waals surface area contributed by atoms with Crippen LogP contribution >= 0.6 is 11.6 Å². The van der Waals surface area contributed by atoms with Crippen LogP contribution in [0.2, 0.25) is 5.02 Å². The van der Waals surface area contributed by atoms with Crippen LogP contribution in [0.5, 0.6) is 0 Å². The fourth-order valence-electron chi connectivity index (χ4n) is 3.10. The molecule has 2 amide bonds. The molecule has 1 fully saturated rings. The first kappa shape index (κ1) is 17.1. The number of hydrogen-bond donors (Lipinski definition) is 2. The highest BCUT2D eigenvalue weighted by atomic mass is 35.5. The van der Waals surface area contributed by atoms with Gasteiger partial charge in [0.25, 0.3) is 11.8 Å². The third-order valence-electron chi connectivity index (χ3n) is 4.63. The summed E-state index contributed by atoms with van der Waals surface area (Å²) in [4.78, 5) is 26.9. The Morgan fingerprint density at radius 3 is 2.77 bits per heavy atom. The van der Waals surface area contributed by atoms with Gasteiger partial charge in [-0.2, -0.15) is 5.10 Å². The van der Waals surface area contributed by atoms with Gasteiger partial charge >= 0.3 is 0 Å². The Balaban J connectivity index is 1.59. The molecule has 8 heteroatoms. The van der Waals surface area contributed by atoms with E-state index in [1.807, 2.05) is 12.1 Å². The lowest BCUT2D eigenvalue weighted by atomic mass is 10.2. The van der Waals surface area contributed by atoms with E-state index in [9.17, 15) is 14.7 Å². The summed E-state index contributed by atoms with van der Waals surface area (Å²) < 4.78 is 1.41. The van der Waals surface area contributed by atoms with Crippen LogP contribution in [0.3, 0.4) is 0 Å². The molecule has 7 nitrogen and oxygen atoms in total. The smallest absolute Gasteiger partial charge is 0.274 e. The summed E-state index contributed by atoms with van der Waals surface area (Å²) in [5.41, 5.74) is 1.51. The zero-order valence-electron chi connectivity index (χ0n) is 14.1. The van der Waals surface area contributed by atoms with Crippen molar-refractivity contribution >= 4 is 23.4 Å². The molecule has 2 heterocycles. The summed E-state index contributed by atoms with van der Waals surface area (Å²) >= 11 is 5.93. The minimum absolute atomic E-state index is 0.177. The Kier molecular flexibility index (Phi) is 4.42. The molecular formula is C18H19ClN4O3. The van der Waals surface area contributed by atoms with Gasteiger partial charge in [0, 0.05) is 30.2 Å². The summed E-state index contributed by atoms with van der Waals surface area (Å²) in [6.07, 6.45) is 1.20. The summed E-state index contributed by atoms with van der Waals surface area (Å²) in [6, 6.07) is 9.11. The topological polar surface area (TPSA) is 87.5 Å². The molecule has 0 radical (unpaired) electrons. The van der Waals surface area contributed by atoms with Crippen LogP contribution in [0.25, 0.3) is 0 Å². The van der Waals surface area contributed by atoms with E-state index in [2.05, 4.69) is 10.4 Å². The first-order valence-electron chi connectivity index (χ1n) is 8.61. The molecule has 2 aliphatic rings. The van der Waals surface area contributed by atoms with Crippen LogP contribution in [-0.2, 0) is 13.1 Å². The molecule has 1 aromatic carbocycles. The number of β-amino-alcohol motifs (C(OH)–C–C–N with tert-alkyl or cyclic N) is 1. The number of halogens is 1. The van der Waals surface area contributed by atoms with Gasteiger partial charge in [-0.25, -0.2) is 0 Å². The van der Waals surface area contributed by atoms with E-state index in [0.29, 0.717) is 17.3 Å². The van der Waals surface area contributed by atoms with E-state index in [-0.39, 0.29) is 36.6 Å². The van der Waals surface area contributed by atoms with Crippen molar-refractivity contribution in [2.24, 2.45) is 0 Å². The second-order valence-corrected chi connectivity index (χ2v) is 7.19. The molecule has 2 aromatic rings. The first-order chi connectivity index (χ1) is 12.5. The van der Waals surface area contributed by atoms with Gasteiger partial charge in [0.15, 0.2) is 5.69 Å². The van der Waals surface area contributed by atoms with Crippen LogP contribution in [-0.4, -0.2) is 50.3 Å². The predicted octanol–water partition coefficient (Wildman–Crippen LogP) is 1.45. The monoisotopic (exact) mass is 374 g/mol. The lowest BCUT2D eigenvalue weighted by molar-refractivity contribution is 0.0721. The summed E-state index contributed by atoms with van der Waals surface area (Å²) in [5, 5.41) is 17.4.